The van der Waals surface area contributed by atoms with Crippen molar-refractivity contribution in [2.75, 3.05) is 13.1 Å². The van der Waals surface area contributed by atoms with Gasteiger partial charge in [0.05, 0.1) is 17.1 Å². The fraction of sp³-hybridized carbons (Fsp3) is 0.286. The Kier molecular flexibility index (Phi) is 6.19. The molecule has 0 aliphatic rings. The van der Waals surface area contributed by atoms with Crippen molar-refractivity contribution in [1.82, 2.24) is 15.6 Å². The van der Waals surface area contributed by atoms with Gasteiger partial charge in [0.2, 0.25) is 11.8 Å². The number of rotatable bonds is 7. The standard InChI is InChI=1S/C21H23N3O2S/c1-14-19(13-20(26)23-11-10-22-15(2)25)27-21(24-14)12-17-8-5-7-16-6-3-4-9-18(16)17/h3-9H,10-13H2,1-2H3,(H,22,25)(H,23,26). The lowest BCUT2D eigenvalue weighted by Gasteiger charge is -2.05. The molecule has 1 aromatic heterocycles. The van der Waals surface area contributed by atoms with Crippen molar-refractivity contribution in [3.8, 4) is 0 Å². The molecule has 2 amide bonds. The Labute approximate surface area is 162 Å². The van der Waals surface area contributed by atoms with E-state index in [0.717, 1.165) is 22.0 Å². The topological polar surface area (TPSA) is 71.1 Å². The minimum Gasteiger partial charge on any atom is -0.355 e. The van der Waals surface area contributed by atoms with Gasteiger partial charge in [-0.3, -0.25) is 9.59 Å². The van der Waals surface area contributed by atoms with E-state index in [1.807, 2.05) is 13.0 Å². The van der Waals surface area contributed by atoms with E-state index in [9.17, 15) is 9.59 Å². The quantitative estimate of drug-likeness (QED) is 0.618. The number of aryl methyl sites for hydroxylation is 1. The van der Waals surface area contributed by atoms with Crippen LogP contribution in [0.1, 0.15) is 28.1 Å². The van der Waals surface area contributed by atoms with E-state index in [-0.39, 0.29) is 11.8 Å². The average Bonchev–Trinajstić information content (AvgIpc) is 2.98. The summed E-state index contributed by atoms with van der Waals surface area (Å²) in [5, 5.41) is 8.96. The minimum atomic E-state index is -0.0966. The summed E-state index contributed by atoms with van der Waals surface area (Å²) in [5.74, 6) is -0.149. The highest BCUT2D eigenvalue weighted by Crippen LogP contribution is 2.25. The summed E-state index contributed by atoms with van der Waals surface area (Å²) in [4.78, 5) is 28.6. The highest BCUT2D eigenvalue weighted by Gasteiger charge is 2.13. The molecule has 0 aliphatic heterocycles. The lowest BCUT2D eigenvalue weighted by molar-refractivity contribution is -0.121. The molecule has 0 bridgehead atoms. The van der Waals surface area contributed by atoms with Gasteiger partial charge in [-0.1, -0.05) is 42.5 Å². The van der Waals surface area contributed by atoms with Gasteiger partial charge in [-0.15, -0.1) is 11.3 Å². The van der Waals surface area contributed by atoms with Crippen molar-refractivity contribution in [1.29, 1.82) is 0 Å². The third kappa shape index (κ3) is 5.14. The molecule has 0 aliphatic carbocycles. The van der Waals surface area contributed by atoms with Crippen LogP contribution in [0.5, 0.6) is 0 Å². The van der Waals surface area contributed by atoms with Crippen molar-refractivity contribution in [2.24, 2.45) is 0 Å². The van der Waals surface area contributed by atoms with Gasteiger partial charge >= 0.3 is 0 Å². The molecule has 0 saturated heterocycles. The van der Waals surface area contributed by atoms with E-state index in [1.165, 1.54) is 23.3 Å². The third-order valence-electron chi connectivity index (χ3n) is 4.30. The second-order valence-corrected chi connectivity index (χ2v) is 7.61. The number of hydrogen-bond acceptors (Lipinski definition) is 4. The molecular formula is C21H23N3O2S. The molecule has 0 atom stereocenters. The maximum atomic E-state index is 12.1. The molecule has 0 unspecified atom stereocenters. The Morgan fingerprint density at radius 1 is 1.04 bits per heavy atom. The predicted octanol–water partition coefficient (Wildman–Crippen LogP) is 2.99. The van der Waals surface area contributed by atoms with Crippen molar-refractivity contribution in [3.63, 3.8) is 0 Å². The third-order valence-corrected chi connectivity index (χ3v) is 5.46. The number of nitrogens with zero attached hydrogens (tertiary/aromatic N) is 1. The zero-order chi connectivity index (χ0) is 19.2. The number of benzene rings is 2. The van der Waals surface area contributed by atoms with Gasteiger partial charge in [0, 0.05) is 31.3 Å². The van der Waals surface area contributed by atoms with Crippen LogP contribution >= 0.6 is 11.3 Å². The number of thiazole rings is 1. The Morgan fingerprint density at radius 3 is 2.59 bits per heavy atom. The monoisotopic (exact) mass is 381 g/mol. The van der Waals surface area contributed by atoms with Crippen molar-refractivity contribution in [3.05, 3.63) is 63.6 Å². The average molecular weight is 382 g/mol. The van der Waals surface area contributed by atoms with Crippen LogP contribution < -0.4 is 10.6 Å². The Balaban J connectivity index is 1.64. The fourth-order valence-electron chi connectivity index (χ4n) is 2.99. The molecule has 6 heteroatoms. The first-order valence-electron chi connectivity index (χ1n) is 8.96. The van der Waals surface area contributed by atoms with Gasteiger partial charge in [-0.25, -0.2) is 4.98 Å². The zero-order valence-corrected chi connectivity index (χ0v) is 16.4. The molecule has 2 N–H and O–H groups in total. The van der Waals surface area contributed by atoms with Gasteiger partial charge in [0.1, 0.15) is 0 Å². The number of carbonyl (C=O) groups excluding carboxylic acids is 2. The Morgan fingerprint density at radius 2 is 1.78 bits per heavy atom. The van der Waals surface area contributed by atoms with Crippen LogP contribution in [0.15, 0.2) is 42.5 Å². The molecule has 140 valence electrons. The van der Waals surface area contributed by atoms with Crippen LogP contribution in [0.3, 0.4) is 0 Å². The van der Waals surface area contributed by atoms with E-state index >= 15 is 0 Å². The van der Waals surface area contributed by atoms with E-state index < -0.39 is 0 Å². The van der Waals surface area contributed by atoms with Gasteiger partial charge in [0.25, 0.3) is 0 Å². The molecule has 0 fully saturated rings. The van der Waals surface area contributed by atoms with Crippen LogP contribution in [-0.4, -0.2) is 29.9 Å². The largest absolute Gasteiger partial charge is 0.355 e. The highest BCUT2D eigenvalue weighted by atomic mass is 32.1. The first-order chi connectivity index (χ1) is 13.0. The number of nitrogens with one attached hydrogen (secondary N) is 2. The fourth-order valence-corrected chi connectivity index (χ4v) is 4.08. The first kappa shape index (κ1) is 19.0. The summed E-state index contributed by atoms with van der Waals surface area (Å²) in [5.41, 5.74) is 2.15. The normalized spacial score (nSPS) is 10.7. The SMILES string of the molecule is CC(=O)NCCNC(=O)Cc1sc(Cc2cccc3ccccc23)nc1C. The smallest absolute Gasteiger partial charge is 0.225 e. The molecule has 3 rings (SSSR count). The molecule has 0 spiro atoms. The van der Waals surface area contributed by atoms with Crippen LogP contribution in [0.2, 0.25) is 0 Å². The maximum Gasteiger partial charge on any atom is 0.225 e. The Hall–Kier alpha value is -2.73. The second-order valence-electron chi connectivity index (χ2n) is 6.44. The number of hydrogen-bond donors (Lipinski definition) is 2. The lowest BCUT2D eigenvalue weighted by atomic mass is 10.0. The highest BCUT2D eigenvalue weighted by molar-refractivity contribution is 7.11. The van der Waals surface area contributed by atoms with Gasteiger partial charge in [-0.2, -0.15) is 0 Å². The number of carbonyl (C=O) groups is 2. The summed E-state index contributed by atoms with van der Waals surface area (Å²) in [6, 6.07) is 14.7. The van der Waals surface area contributed by atoms with E-state index in [0.29, 0.717) is 19.5 Å². The number of fused-ring (bicyclic) bond motifs is 1. The Bertz CT molecular complexity index is 960. The van der Waals surface area contributed by atoms with Crippen LogP contribution in [0.25, 0.3) is 10.8 Å². The summed E-state index contributed by atoms with van der Waals surface area (Å²) in [7, 11) is 0. The lowest BCUT2D eigenvalue weighted by Crippen LogP contribution is -2.34. The van der Waals surface area contributed by atoms with Crippen LogP contribution in [0.4, 0.5) is 0 Å². The van der Waals surface area contributed by atoms with Crippen molar-refractivity contribution >= 4 is 33.9 Å². The van der Waals surface area contributed by atoms with E-state index in [1.54, 1.807) is 11.3 Å². The summed E-state index contributed by atoms with van der Waals surface area (Å²) >= 11 is 1.59. The van der Waals surface area contributed by atoms with Gasteiger partial charge in [-0.05, 0) is 23.3 Å². The summed E-state index contributed by atoms with van der Waals surface area (Å²) < 4.78 is 0. The molecule has 2 aromatic carbocycles. The second kappa shape index (κ2) is 8.77. The summed E-state index contributed by atoms with van der Waals surface area (Å²) in [6.07, 6.45) is 1.08. The van der Waals surface area contributed by atoms with Crippen molar-refractivity contribution in [2.45, 2.75) is 26.7 Å². The number of aromatic nitrogens is 1. The van der Waals surface area contributed by atoms with Gasteiger partial charge < -0.3 is 10.6 Å². The molecule has 27 heavy (non-hydrogen) atoms. The van der Waals surface area contributed by atoms with Crippen LogP contribution in [0, 0.1) is 6.92 Å². The molecule has 1 heterocycles. The van der Waals surface area contributed by atoms with Crippen LogP contribution in [-0.2, 0) is 22.4 Å². The summed E-state index contributed by atoms with van der Waals surface area (Å²) in [6.45, 7) is 4.27. The molecular weight excluding hydrogens is 358 g/mol. The van der Waals surface area contributed by atoms with E-state index in [4.69, 9.17) is 0 Å². The maximum absolute atomic E-state index is 12.1. The van der Waals surface area contributed by atoms with Gasteiger partial charge in [0.15, 0.2) is 0 Å². The minimum absolute atomic E-state index is 0.0520. The van der Waals surface area contributed by atoms with E-state index in [2.05, 4.69) is 52.0 Å². The molecule has 5 nitrogen and oxygen atoms in total. The molecule has 3 aromatic rings. The first-order valence-corrected chi connectivity index (χ1v) is 9.77. The van der Waals surface area contributed by atoms with Crippen molar-refractivity contribution < 1.29 is 9.59 Å². The molecule has 0 saturated carbocycles. The zero-order valence-electron chi connectivity index (χ0n) is 15.5. The number of amides is 2. The predicted molar refractivity (Wildman–Crippen MR) is 109 cm³/mol. The molecule has 0 radical (unpaired) electrons.